The Morgan fingerprint density at radius 1 is 1.28 bits per heavy atom. The van der Waals surface area contributed by atoms with E-state index in [1.54, 1.807) is 16.9 Å². The monoisotopic (exact) mass is 262 g/mol. The van der Waals surface area contributed by atoms with Crippen molar-refractivity contribution in [3.05, 3.63) is 41.0 Å². The van der Waals surface area contributed by atoms with E-state index < -0.39 is 0 Å². The number of benzene rings is 1. The Labute approximate surface area is 111 Å². The SMILES string of the molecule is CC(C)(C)n1cc(C=O)c(-c2ccccc2Cl)n1. The Morgan fingerprint density at radius 2 is 1.94 bits per heavy atom. The van der Waals surface area contributed by atoms with Gasteiger partial charge in [-0.2, -0.15) is 5.10 Å². The molecule has 0 N–H and O–H groups in total. The highest BCUT2D eigenvalue weighted by Gasteiger charge is 2.19. The van der Waals surface area contributed by atoms with Crippen molar-refractivity contribution in [2.24, 2.45) is 0 Å². The molecule has 1 aromatic heterocycles. The first kappa shape index (κ1) is 12.8. The summed E-state index contributed by atoms with van der Waals surface area (Å²) in [5.74, 6) is 0. The van der Waals surface area contributed by atoms with Crippen LogP contribution in [0.4, 0.5) is 0 Å². The van der Waals surface area contributed by atoms with Gasteiger partial charge in [0.2, 0.25) is 0 Å². The lowest BCUT2D eigenvalue weighted by Crippen LogP contribution is -2.22. The van der Waals surface area contributed by atoms with Gasteiger partial charge in [-0.3, -0.25) is 9.48 Å². The topological polar surface area (TPSA) is 34.9 Å². The zero-order valence-corrected chi connectivity index (χ0v) is 11.4. The summed E-state index contributed by atoms with van der Waals surface area (Å²) in [4.78, 5) is 11.2. The van der Waals surface area contributed by atoms with Crippen LogP contribution in [0.3, 0.4) is 0 Å². The molecule has 1 aromatic carbocycles. The third-order valence-corrected chi connectivity index (χ3v) is 3.02. The van der Waals surface area contributed by atoms with Gasteiger partial charge in [0, 0.05) is 11.8 Å². The second-order valence-corrected chi connectivity index (χ2v) is 5.55. The number of carbonyl (C=O) groups excluding carboxylic acids is 1. The lowest BCUT2D eigenvalue weighted by molar-refractivity contribution is 0.112. The summed E-state index contributed by atoms with van der Waals surface area (Å²) < 4.78 is 1.79. The molecule has 1 heterocycles. The van der Waals surface area contributed by atoms with Gasteiger partial charge in [-0.25, -0.2) is 0 Å². The summed E-state index contributed by atoms with van der Waals surface area (Å²) in [5.41, 5.74) is 1.80. The van der Waals surface area contributed by atoms with E-state index in [-0.39, 0.29) is 5.54 Å². The number of carbonyl (C=O) groups is 1. The molecule has 3 nitrogen and oxygen atoms in total. The highest BCUT2D eigenvalue weighted by atomic mass is 35.5. The van der Waals surface area contributed by atoms with Gasteiger partial charge in [0.05, 0.1) is 16.1 Å². The largest absolute Gasteiger partial charge is 0.298 e. The van der Waals surface area contributed by atoms with Crippen molar-refractivity contribution in [2.75, 3.05) is 0 Å². The molecule has 4 heteroatoms. The first-order chi connectivity index (χ1) is 8.43. The summed E-state index contributed by atoms with van der Waals surface area (Å²) in [6, 6.07) is 7.39. The minimum atomic E-state index is -0.169. The van der Waals surface area contributed by atoms with Gasteiger partial charge in [0.25, 0.3) is 0 Å². The van der Waals surface area contributed by atoms with Crippen LogP contribution in [0.5, 0.6) is 0 Å². The van der Waals surface area contributed by atoms with E-state index >= 15 is 0 Å². The molecule has 0 aliphatic carbocycles. The molecule has 18 heavy (non-hydrogen) atoms. The number of hydrogen-bond acceptors (Lipinski definition) is 2. The number of aldehydes is 1. The van der Waals surface area contributed by atoms with Crippen molar-refractivity contribution in [1.29, 1.82) is 0 Å². The fourth-order valence-electron chi connectivity index (χ4n) is 1.68. The number of nitrogens with zero attached hydrogens (tertiary/aromatic N) is 2. The summed E-state index contributed by atoms with van der Waals surface area (Å²) in [6.07, 6.45) is 2.57. The molecule has 0 unspecified atom stereocenters. The average molecular weight is 263 g/mol. The molecular weight excluding hydrogens is 248 g/mol. The Balaban J connectivity index is 2.61. The van der Waals surface area contributed by atoms with Gasteiger partial charge in [0.1, 0.15) is 5.69 Å². The minimum Gasteiger partial charge on any atom is -0.298 e. The molecule has 0 bridgehead atoms. The van der Waals surface area contributed by atoms with Crippen LogP contribution >= 0.6 is 11.6 Å². The van der Waals surface area contributed by atoms with Crippen LogP contribution in [0.2, 0.25) is 5.02 Å². The van der Waals surface area contributed by atoms with Crippen LogP contribution in [0.25, 0.3) is 11.3 Å². The molecule has 2 aromatic rings. The Bertz CT molecular complexity index is 582. The van der Waals surface area contributed by atoms with Gasteiger partial charge >= 0.3 is 0 Å². The smallest absolute Gasteiger partial charge is 0.153 e. The second kappa shape index (κ2) is 4.58. The molecule has 0 atom stereocenters. The molecule has 0 amide bonds. The van der Waals surface area contributed by atoms with Crippen molar-refractivity contribution < 1.29 is 4.79 Å². The minimum absolute atomic E-state index is 0.169. The first-order valence-corrected chi connectivity index (χ1v) is 6.11. The molecule has 0 saturated carbocycles. The molecule has 0 aliphatic heterocycles. The number of aromatic nitrogens is 2. The van der Waals surface area contributed by atoms with Gasteiger partial charge in [-0.15, -0.1) is 0 Å². The fourth-order valence-corrected chi connectivity index (χ4v) is 1.90. The van der Waals surface area contributed by atoms with Gasteiger partial charge in [-0.1, -0.05) is 29.8 Å². The van der Waals surface area contributed by atoms with Crippen molar-refractivity contribution >= 4 is 17.9 Å². The van der Waals surface area contributed by atoms with Crippen LogP contribution in [-0.4, -0.2) is 16.1 Å². The molecule has 2 rings (SSSR count). The summed E-state index contributed by atoms with van der Waals surface area (Å²) in [5, 5.41) is 5.08. The lowest BCUT2D eigenvalue weighted by Gasteiger charge is -2.18. The summed E-state index contributed by atoms with van der Waals surface area (Å²) in [6.45, 7) is 6.10. The van der Waals surface area contributed by atoms with Crippen LogP contribution in [0, 0.1) is 0 Å². The van der Waals surface area contributed by atoms with E-state index in [0.29, 0.717) is 16.3 Å². The predicted molar refractivity (Wildman–Crippen MR) is 73.1 cm³/mol. The third-order valence-electron chi connectivity index (χ3n) is 2.69. The van der Waals surface area contributed by atoms with E-state index in [4.69, 9.17) is 11.6 Å². The molecular formula is C14H15ClN2O. The third kappa shape index (κ3) is 2.31. The molecule has 94 valence electrons. The molecule has 0 radical (unpaired) electrons. The quantitative estimate of drug-likeness (QED) is 0.772. The Hall–Kier alpha value is -1.61. The van der Waals surface area contributed by atoms with E-state index in [0.717, 1.165) is 11.8 Å². The van der Waals surface area contributed by atoms with Crippen LogP contribution in [0.15, 0.2) is 30.5 Å². The Kier molecular flexibility index (Phi) is 3.26. The Morgan fingerprint density at radius 3 is 2.50 bits per heavy atom. The maximum Gasteiger partial charge on any atom is 0.153 e. The van der Waals surface area contributed by atoms with Crippen LogP contribution in [-0.2, 0) is 5.54 Å². The number of halogens is 1. The fraction of sp³-hybridized carbons (Fsp3) is 0.286. The van der Waals surface area contributed by atoms with Crippen molar-refractivity contribution in [3.63, 3.8) is 0 Å². The van der Waals surface area contributed by atoms with Crippen molar-refractivity contribution in [3.8, 4) is 11.3 Å². The zero-order valence-electron chi connectivity index (χ0n) is 10.6. The standard InChI is InChI=1S/C14H15ClN2O/c1-14(2,3)17-8-10(9-18)13(16-17)11-6-4-5-7-12(11)15/h4-9H,1-3H3. The van der Waals surface area contributed by atoms with Gasteiger partial charge in [-0.05, 0) is 26.8 Å². The molecule has 0 fully saturated rings. The first-order valence-electron chi connectivity index (χ1n) is 5.73. The molecule has 0 aliphatic rings. The molecule has 0 spiro atoms. The van der Waals surface area contributed by atoms with E-state index in [1.165, 1.54) is 0 Å². The van der Waals surface area contributed by atoms with Crippen molar-refractivity contribution in [2.45, 2.75) is 26.3 Å². The lowest BCUT2D eigenvalue weighted by atomic mass is 10.1. The average Bonchev–Trinajstić information content (AvgIpc) is 2.73. The maximum absolute atomic E-state index is 11.2. The summed E-state index contributed by atoms with van der Waals surface area (Å²) >= 11 is 6.15. The van der Waals surface area contributed by atoms with E-state index in [1.807, 2.05) is 39.0 Å². The second-order valence-electron chi connectivity index (χ2n) is 5.15. The normalized spacial score (nSPS) is 11.6. The van der Waals surface area contributed by atoms with E-state index in [9.17, 15) is 4.79 Å². The number of rotatable bonds is 2. The van der Waals surface area contributed by atoms with Crippen LogP contribution in [0.1, 0.15) is 31.1 Å². The highest BCUT2D eigenvalue weighted by Crippen LogP contribution is 2.29. The predicted octanol–water partition coefficient (Wildman–Crippen LogP) is 3.77. The molecule has 0 saturated heterocycles. The number of hydrogen-bond donors (Lipinski definition) is 0. The maximum atomic E-state index is 11.2. The van der Waals surface area contributed by atoms with Gasteiger partial charge in [0.15, 0.2) is 6.29 Å². The van der Waals surface area contributed by atoms with Crippen LogP contribution < -0.4 is 0 Å². The van der Waals surface area contributed by atoms with Crippen molar-refractivity contribution in [1.82, 2.24) is 9.78 Å². The van der Waals surface area contributed by atoms with E-state index in [2.05, 4.69) is 5.10 Å². The zero-order chi connectivity index (χ0) is 13.3. The highest BCUT2D eigenvalue weighted by molar-refractivity contribution is 6.33. The van der Waals surface area contributed by atoms with Gasteiger partial charge < -0.3 is 0 Å². The summed E-state index contributed by atoms with van der Waals surface area (Å²) in [7, 11) is 0.